The first-order chi connectivity index (χ1) is 12.6. The average Bonchev–Trinajstić information content (AvgIpc) is 3.23. The molecule has 134 valence electrons. The second kappa shape index (κ2) is 7.74. The van der Waals surface area contributed by atoms with Gasteiger partial charge in [0, 0.05) is 10.6 Å². The molecule has 3 N–H and O–H groups in total. The lowest BCUT2D eigenvalue weighted by atomic mass is 10.2. The summed E-state index contributed by atoms with van der Waals surface area (Å²) in [5.74, 6) is -0.284. The molecule has 1 amide bonds. The maximum absolute atomic E-state index is 12.4. The van der Waals surface area contributed by atoms with E-state index in [1.165, 1.54) is 10.9 Å². The van der Waals surface area contributed by atoms with Crippen LogP contribution in [-0.4, -0.2) is 37.4 Å². The summed E-state index contributed by atoms with van der Waals surface area (Å²) in [5.41, 5.74) is 9.42. The van der Waals surface area contributed by atoms with E-state index in [0.717, 1.165) is 6.42 Å². The van der Waals surface area contributed by atoms with E-state index in [2.05, 4.69) is 35.8 Å². The second-order valence-electron chi connectivity index (χ2n) is 5.24. The Hall–Kier alpha value is -3.27. The molecule has 2 aromatic heterocycles. The predicted molar refractivity (Wildman–Crippen MR) is 94.1 cm³/mol. The van der Waals surface area contributed by atoms with Crippen LogP contribution < -0.4 is 11.2 Å². The summed E-state index contributed by atoms with van der Waals surface area (Å²) in [7, 11) is 0. The zero-order valence-corrected chi connectivity index (χ0v) is 14.5. The summed E-state index contributed by atoms with van der Waals surface area (Å²) < 4.78 is 5.91. The van der Waals surface area contributed by atoms with Gasteiger partial charge in [0.1, 0.15) is 0 Å². The maximum Gasteiger partial charge on any atom is 0.293 e. The Labute approximate surface area is 153 Å². The summed E-state index contributed by atoms with van der Waals surface area (Å²) in [4.78, 5) is 12.4. The molecule has 0 radical (unpaired) electrons. The smallest absolute Gasteiger partial charge is 0.293 e. The van der Waals surface area contributed by atoms with E-state index in [4.69, 9.17) is 17.3 Å². The Kier molecular flexibility index (Phi) is 5.23. The van der Waals surface area contributed by atoms with Gasteiger partial charge in [-0.1, -0.05) is 48.4 Å². The lowest BCUT2D eigenvalue weighted by Crippen LogP contribution is -2.20. The largest absolute Gasteiger partial charge is 0.378 e. The zero-order chi connectivity index (χ0) is 18.5. The van der Waals surface area contributed by atoms with Crippen LogP contribution in [0.25, 0.3) is 5.82 Å². The van der Waals surface area contributed by atoms with E-state index in [1.807, 2.05) is 13.0 Å². The van der Waals surface area contributed by atoms with Gasteiger partial charge in [0.05, 0.1) is 11.9 Å². The number of nitrogens with one attached hydrogen (secondary N) is 1. The minimum absolute atomic E-state index is 0.0518. The number of hydrogen-bond donors (Lipinski definition) is 2. The van der Waals surface area contributed by atoms with Crippen molar-refractivity contribution in [3.05, 3.63) is 46.2 Å². The number of halogens is 1. The Morgan fingerprint density at radius 3 is 2.92 bits per heavy atom. The van der Waals surface area contributed by atoms with Crippen molar-refractivity contribution in [1.29, 1.82) is 0 Å². The molecule has 0 unspecified atom stereocenters. The molecule has 0 atom stereocenters. The topological polar surface area (TPSA) is 137 Å². The third-order valence-corrected chi connectivity index (χ3v) is 3.78. The minimum Gasteiger partial charge on any atom is -0.378 e. The number of rotatable bonds is 6. The molecule has 1 aromatic carbocycles. The van der Waals surface area contributed by atoms with Crippen LogP contribution >= 0.6 is 11.6 Å². The number of nitrogen functional groups attached to an aromatic ring is 1. The van der Waals surface area contributed by atoms with Crippen LogP contribution in [0.15, 0.2) is 34.0 Å². The molecular formula is C15H15ClN8O2. The number of carbonyl (C=O) groups is 1. The van der Waals surface area contributed by atoms with E-state index in [0.29, 0.717) is 22.7 Å². The highest BCUT2D eigenvalue weighted by molar-refractivity contribution is 6.33. The standard InChI is InChI=1S/C15H15ClN8O2/c1-2-5-11-12(19-23-24(11)14-13(17)21-26-22-14)15(25)20-18-8-9-6-3-4-7-10(9)16/h3-4,6-8H,2,5H2,1H3,(H2,17,21)(H,20,25). The van der Waals surface area contributed by atoms with Crippen molar-refractivity contribution >= 4 is 29.5 Å². The van der Waals surface area contributed by atoms with Gasteiger partial charge in [-0.25, -0.2) is 10.1 Å². The number of hydrogen-bond acceptors (Lipinski definition) is 8. The van der Waals surface area contributed by atoms with Crippen LogP contribution in [0.4, 0.5) is 5.82 Å². The first-order valence-corrected chi connectivity index (χ1v) is 8.10. The van der Waals surface area contributed by atoms with Gasteiger partial charge in [-0.05, 0) is 22.8 Å². The monoisotopic (exact) mass is 374 g/mol. The van der Waals surface area contributed by atoms with Crippen LogP contribution in [0.3, 0.4) is 0 Å². The van der Waals surface area contributed by atoms with Gasteiger partial charge < -0.3 is 5.73 Å². The highest BCUT2D eigenvalue weighted by Crippen LogP contribution is 2.17. The molecule has 0 bridgehead atoms. The fraction of sp³-hybridized carbons (Fsp3) is 0.200. The molecule has 0 aliphatic rings. The number of nitrogens with two attached hydrogens (primary N) is 1. The Balaban J connectivity index is 1.82. The van der Waals surface area contributed by atoms with Gasteiger partial charge in [-0.2, -0.15) is 9.78 Å². The minimum atomic E-state index is -0.516. The molecule has 26 heavy (non-hydrogen) atoms. The van der Waals surface area contributed by atoms with Crippen LogP contribution in [0.5, 0.6) is 0 Å². The molecule has 11 heteroatoms. The first-order valence-electron chi connectivity index (χ1n) is 7.72. The Bertz CT molecular complexity index is 949. The lowest BCUT2D eigenvalue weighted by molar-refractivity contribution is 0.0949. The summed E-state index contributed by atoms with van der Waals surface area (Å²) in [6.45, 7) is 1.96. The number of amides is 1. The summed E-state index contributed by atoms with van der Waals surface area (Å²) in [6, 6.07) is 7.12. The zero-order valence-electron chi connectivity index (χ0n) is 13.8. The molecule has 0 saturated heterocycles. The van der Waals surface area contributed by atoms with Crippen LogP contribution in [0.2, 0.25) is 5.02 Å². The number of anilines is 1. The van der Waals surface area contributed by atoms with Crippen molar-refractivity contribution in [2.75, 3.05) is 5.73 Å². The third-order valence-electron chi connectivity index (χ3n) is 3.44. The highest BCUT2D eigenvalue weighted by Gasteiger charge is 2.23. The third kappa shape index (κ3) is 3.54. The molecule has 0 aliphatic heterocycles. The van der Waals surface area contributed by atoms with E-state index in [9.17, 15) is 4.79 Å². The van der Waals surface area contributed by atoms with Crippen LogP contribution in [0, 0.1) is 0 Å². The number of hydrazone groups is 1. The van der Waals surface area contributed by atoms with E-state index < -0.39 is 5.91 Å². The van der Waals surface area contributed by atoms with Gasteiger partial charge in [0.15, 0.2) is 5.69 Å². The molecule has 3 rings (SSSR count). The van der Waals surface area contributed by atoms with Gasteiger partial charge in [0.25, 0.3) is 5.91 Å². The molecule has 0 spiro atoms. The van der Waals surface area contributed by atoms with Gasteiger partial charge >= 0.3 is 0 Å². The quantitative estimate of drug-likeness (QED) is 0.493. The average molecular weight is 375 g/mol. The van der Waals surface area contributed by atoms with Crippen molar-refractivity contribution < 1.29 is 9.42 Å². The van der Waals surface area contributed by atoms with E-state index in [1.54, 1.807) is 18.2 Å². The van der Waals surface area contributed by atoms with Crippen molar-refractivity contribution in [2.24, 2.45) is 5.10 Å². The van der Waals surface area contributed by atoms with Gasteiger partial charge in [0.2, 0.25) is 11.6 Å². The summed E-state index contributed by atoms with van der Waals surface area (Å²) in [6.07, 6.45) is 2.72. The summed E-state index contributed by atoms with van der Waals surface area (Å²) in [5, 5.41) is 19.5. The molecule has 10 nitrogen and oxygen atoms in total. The Morgan fingerprint density at radius 2 is 2.23 bits per heavy atom. The fourth-order valence-corrected chi connectivity index (χ4v) is 2.42. The number of nitrogens with zero attached hydrogens (tertiary/aromatic N) is 6. The van der Waals surface area contributed by atoms with E-state index >= 15 is 0 Å². The number of benzene rings is 1. The predicted octanol–water partition coefficient (Wildman–Crippen LogP) is 1.60. The highest BCUT2D eigenvalue weighted by atomic mass is 35.5. The molecule has 0 fully saturated rings. The van der Waals surface area contributed by atoms with E-state index in [-0.39, 0.29) is 17.3 Å². The maximum atomic E-state index is 12.4. The first kappa shape index (κ1) is 17.5. The fourth-order valence-electron chi connectivity index (χ4n) is 2.24. The van der Waals surface area contributed by atoms with Crippen molar-refractivity contribution in [3.63, 3.8) is 0 Å². The van der Waals surface area contributed by atoms with Crippen molar-refractivity contribution in [3.8, 4) is 5.82 Å². The number of aromatic nitrogens is 5. The molecule has 2 heterocycles. The van der Waals surface area contributed by atoms with Crippen LogP contribution in [-0.2, 0) is 6.42 Å². The van der Waals surface area contributed by atoms with Crippen molar-refractivity contribution in [1.82, 2.24) is 30.7 Å². The molecular weight excluding hydrogens is 360 g/mol. The SMILES string of the molecule is CCCc1c(C(=O)NN=Cc2ccccc2Cl)nnn1-c1nonc1N. The van der Waals surface area contributed by atoms with Crippen molar-refractivity contribution in [2.45, 2.75) is 19.8 Å². The van der Waals surface area contributed by atoms with Gasteiger partial charge in [-0.3, -0.25) is 4.79 Å². The summed E-state index contributed by atoms with van der Waals surface area (Å²) >= 11 is 6.04. The normalized spacial score (nSPS) is 11.2. The van der Waals surface area contributed by atoms with Gasteiger partial charge in [-0.15, -0.1) is 5.10 Å². The second-order valence-corrected chi connectivity index (χ2v) is 5.65. The van der Waals surface area contributed by atoms with Crippen LogP contribution in [0.1, 0.15) is 35.1 Å². The molecule has 0 aliphatic carbocycles. The number of carbonyl (C=O) groups excluding carboxylic acids is 1. The molecule has 0 saturated carbocycles. The Morgan fingerprint density at radius 1 is 1.42 bits per heavy atom. The molecule has 3 aromatic rings. The lowest BCUT2D eigenvalue weighted by Gasteiger charge is -2.03.